The van der Waals surface area contributed by atoms with Gasteiger partial charge in [-0.25, -0.2) is 4.79 Å². The quantitative estimate of drug-likeness (QED) is 0.107. The van der Waals surface area contributed by atoms with Crippen LogP contribution in [0.3, 0.4) is 0 Å². The highest BCUT2D eigenvalue weighted by Crippen LogP contribution is 2.37. The van der Waals surface area contributed by atoms with Crippen LogP contribution in [-0.2, 0) is 58.4 Å². The summed E-state index contributed by atoms with van der Waals surface area (Å²) < 4.78 is 92.9. The van der Waals surface area contributed by atoms with E-state index < -0.39 is 75.7 Å². The number of benzene rings is 3. The highest BCUT2D eigenvalue weighted by atomic mass is 35.5. The van der Waals surface area contributed by atoms with Gasteiger partial charge in [-0.2, -0.15) is 26.3 Å². The van der Waals surface area contributed by atoms with Gasteiger partial charge in [0.1, 0.15) is 12.1 Å². The molecule has 0 aliphatic rings. The van der Waals surface area contributed by atoms with Gasteiger partial charge in [0.15, 0.2) is 0 Å². The van der Waals surface area contributed by atoms with Gasteiger partial charge in [0, 0.05) is 31.9 Å². The average molecular weight is 926 g/mol. The number of nitrogens with zero attached hydrogens (tertiary/aromatic N) is 2. The van der Waals surface area contributed by atoms with Gasteiger partial charge in [-0.1, -0.05) is 72.3 Å². The number of aryl methyl sites for hydroxylation is 3. The van der Waals surface area contributed by atoms with E-state index in [2.05, 4.69) is 10.1 Å². The molecule has 3 aromatic carbocycles. The number of halogens is 8. The molecule has 0 radical (unpaired) electrons. The summed E-state index contributed by atoms with van der Waals surface area (Å²) >= 11 is 6.15. The summed E-state index contributed by atoms with van der Waals surface area (Å²) in [6.07, 6.45) is -9.20. The number of alkyl halides is 6. The van der Waals surface area contributed by atoms with E-state index in [-0.39, 0.29) is 58.3 Å². The number of esters is 2. The zero-order valence-corrected chi connectivity index (χ0v) is 36.5. The fourth-order valence-corrected chi connectivity index (χ4v) is 6.78. The van der Waals surface area contributed by atoms with Crippen molar-refractivity contribution in [2.24, 2.45) is 19.8 Å². The van der Waals surface area contributed by atoms with E-state index in [1.807, 2.05) is 0 Å². The van der Waals surface area contributed by atoms with Gasteiger partial charge in [-0.05, 0) is 73.2 Å². The fourth-order valence-electron chi connectivity index (χ4n) is 6.47. The minimum Gasteiger partial charge on any atom is -0.468 e. The normalized spacial score (nSPS) is 12.2. The van der Waals surface area contributed by atoms with E-state index >= 15 is 0 Å². The Morgan fingerprint density at radius 3 is 1.49 bits per heavy atom. The summed E-state index contributed by atoms with van der Waals surface area (Å²) in [5, 5.41) is 2.84. The van der Waals surface area contributed by atoms with Crippen LogP contribution in [0.4, 0.5) is 26.3 Å². The van der Waals surface area contributed by atoms with Crippen molar-refractivity contribution in [1.29, 1.82) is 0 Å². The predicted molar refractivity (Wildman–Crippen MR) is 228 cm³/mol. The third-order valence-corrected chi connectivity index (χ3v) is 10.4. The van der Waals surface area contributed by atoms with Crippen LogP contribution < -0.4 is 22.2 Å². The number of rotatable bonds is 10. The average Bonchev–Trinajstić information content (AvgIpc) is 3.21. The van der Waals surface area contributed by atoms with Crippen molar-refractivity contribution in [2.45, 2.75) is 58.0 Å². The van der Waals surface area contributed by atoms with Crippen LogP contribution in [0.1, 0.15) is 49.6 Å². The number of nitrogens with one attached hydrogen (secondary N) is 1. The minimum atomic E-state index is -4.72. The van der Waals surface area contributed by atoms with Gasteiger partial charge in [-0.3, -0.25) is 19.2 Å². The molecule has 2 aromatic heterocycles. The number of nitrogens with two attached hydrogens (primary N) is 1. The number of hydrogen-bond donors (Lipinski definition) is 2. The lowest BCUT2D eigenvalue weighted by Crippen LogP contribution is -2.43. The molecule has 1 amide bonds. The van der Waals surface area contributed by atoms with Crippen molar-refractivity contribution in [2.75, 3.05) is 14.2 Å². The summed E-state index contributed by atoms with van der Waals surface area (Å²) in [6, 6.07) is 16.6. The van der Waals surface area contributed by atoms with Gasteiger partial charge in [0.05, 0.1) is 47.1 Å². The minimum absolute atomic E-state index is 0. The zero-order chi connectivity index (χ0) is 46.4. The molecule has 3 N–H and O–H groups in total. The lowest BCUT2D eigenvalue weighted by atomic mass is 9.97. The summed E-state index contributed by atoms with van der Waals surface area (Å²) in [5.41, 5.74) is 3.94. The summed E-state index contributed by atoms with van der Waals surface area (Å²) in [5.74, 6) is -1.85. The molecule has 2 atom stereocenters. The number of carbonyl (C=O) groups is 3. The van der Waals surface area contributed by atoms with Gasteiger partial charge in [-0.15, -0.1) is 12.4 Å². The fraction of sp³-hybridized carbons (Fsp3) is 0.295. The number of hydrogen-bond acceptors (Lipinski definition) is 8. The second-order valence-electron chi connectivity index (χ2n) is 14.3. The Hall–Kier alpha value is -5.91. The van der Waals surface area contributed by atoms with Crippen molar-refractivity contribution >= 4 is 41.9 Å². The number of methoxy groups -OCH3 is 2. The third-order valence-electron chi connectivity index (χ3n) is 10.1. The molecule has 19 heteroatoms. The van der Waals surface area contributed by atoms with Gasteiger partial charge in [0.2, 0.25) is 0 Å². The molecular formula is C44H44Cl2F6N4O7. The summed E-state index contributed by atoms with van der Waals surface area (Å²) in [6.45, 7) is 4.57. The first-order chi connectivity index (χ1) is 28.9. The van der Waals surface area contributed by atoms with Gasteiger partial charge in [0.25, 0.3) is 17.0 Å². The van der Waals surface area contributed by atoms with Crippen LogP contribution >= 0.6 is 24.0 Å². The molecule has 0 spiro atoms. The number of carbonyl (C=O) groups excluding carboxylic acids is 3. The molecule has 5 rings (SSSR count). The van der Waals surface area contributed by atoms with Crippen molar-refractivity contribution in [3.8, 4) is 22.3 Å². The maximum atomic E-state index is 13.7. The Balaban J connectivity index is 0.000000347. The summed E-state index contributed by atoms with van der Waals surface area (Å²) in [4.78, 5) is 61.7. The molecular weight excluding hydrogens is 881 g/mol. The van der Waals surface area contributed by atoms with Crippen LogP contribution in [0.2, 0.25) is 5.02 Å². The van der Waals surface area contributed by atoms with Crippen LogP contribution in [0.25, 0.3) is 22.3 Å². The van der Waals surface area contributed by atoms with Gasteiger partial charge >= 0.3 is 24.3 Å². The third kappa shape index (κ3) is 12.2. The van der Waals surface area contributed by atoms with E-state index in [1.54, 1.807) is 25.1 Å². The van der Waals surface area contributed by atoms with Crippen LogP contribution in [-0.4, -0.2) is 53.3 Å². The highest BCUT2D eigenvalue weighted by Gasteiger charge is 2.37. The molecule has 0 aliphatic heterocycles. The van der Waals surface area contributed by atoms with Crippen molar-refractivity contribution in [1.82, 2.24) is 14.5 Å². The molecule has 2 unspecified atom stereocenters. The smallest absolute Gasteiger partial charge is 0.417 e. The first-order valence-corrected chi connectivity index (χ1v) is 19.0. The largest absolute Gasteiger partial charge is 0.468 e. The van der Waals surface area contributed by atoms with E-state index in [4.69, 9.17) is 22.1 Å². The Bertz CT molecular complexity index is 2570. The maximum Gasteiger partial charge on any atom is 0.417 e. The standard InChI is InChI=1S/C26H24ClF3N2O4.C18H19F3N2O3.ClH/c1-14-6-5-7-19(27)21(14)23(33)31-20(25(35)36-4)13-16-8-10-17(11-9-16)22-18(26(28,29)30)12-15(2)32(3)24(22)34;1-10-8-13(18(19,20)21)15(16(24)23(10)2)12-6-4-11(5-7-12)9-14(22)17(25)26-3;/h5-12,20H,13H2,1-4H3,(H,31,33);4-8,14H,9,22H2,1-3H3;1H. The van der Waals surface area contributed by atoms with Gasteiger partial charge < -0.3 is 29.7 Å². The molecule has 0 aliphatic carbocycles. The Labute approximate surface area is 369 Å². The van der Waals surface area contributed by atoms with Crippen LogP contribution in [0.5, 0.6) is 0 Å². The highest BCUT2D eigenvalue weighted by molar-refractivity contribution is 6.34. The Morgan fingerprint density at radius 1 is 0.698 bits per heavy atom. The molecule has 5 aromatic rings. The molecule has 2 heterocycles. The van der Waals surface area contributed by atoms with Crippen molar-refractivity contribution in [3.05, 3.63) is 149 Å². The number of pyridine rings is 2. The maximum absolute atomic E-state index is 13.7. The monoisotopic (exact) mass is 924 g/mol. The number of amides is 1. The lowest BCUT2D eigenvalue weighted by molar-refractivity contribution is -0.143. The van der Waals surface area contributed by atoms with E-state index in [0.717, 1.165) is 16.7 Å². The zero-order valence-electron chi connectivity index (χ0n) is 35.0. The SMILES string of the molecule is COC(=O)C(Cc1ccc(-c2c(C(F)(F)F)cc(C)n(C)c2=O)cc1)NC(=O)c1c(C)cccc1Cl.COC(=O)C(N)Cc1ccc(-c2c(C(F)(F)F)cc(C)n(C)c2=O)cc1.Cl. The Kier molecular flexibility index (Phi) is 17.1. The number of ether oxygens (including phenoxy) is 2. The molecule has 0 fully saturated rings. The molecule has 11 nitrogen and oxygen atoms in total. The molecule has 338 valence electrons. The Morgan fingerprint density at radius 2 is 1.11 bits per heavy atom. The summed E-state index contributed by atoms with van der Waals surface area (Å²) in [7, 11) is 5.22. The topological polar surface area (TPSA) is 152 Å². The van der Waals surface area contributed by atoms with E-state index in [1.165, 1.54) is 95.3 Å². The van der Waals surface area contributed by atoms with E-state index in [9.17, 15) is 50.3 Å². The predicted octanol–water partition coefficient (Wildman–Crippen LogP) is 7.70. The van der Waals surface area contributed by atoms with Crippen LogP contribution in [0.15, 0.2) is 88.5 Å². The molecule has 0 bridgehead atoms. The van der Waals surface area contributed by atoms with E-state index in [0.29, 0.717) is 16.7 Å². The molecule has 0 saturated heterocycles. The second kappa shape index (κ2) is 21.0. The van der Waals surface area contributed by atoms with Crippen molar-refractivity contribution < 1.29 is 50.2 Å². The van der Waals surface area contributed by atoms with Crippen LogP contribution in [0, 0.1) is 20.8 Å². The lowest BCUT2D eigenvalue weighted by Gasteiger charge is -2.19. The van der Waals surface area contributed by atoms with Crippen molar-refractivity contribution in [3.63, 3.8) is 0 Å². The first-order valence-electron chi connectivity index (χ1n) is 18.6. The molecule has 63 heavy (non-hydrogen) atoms. The number of aromatic nitrogens is 2. The second-order valence-corrected chi connectivity index (χ2v) is 14.7. The molecule has 0 saturated carbocycles. The first kappa shape index (κ1) is 51.4.